The summed E-state index contributed by atoms with van der Waals surface area (Å²) in [5, 5.41) is 13.4. The number of nitrogens with one attached hydrogen (secondary N) is 1. The number of hydrogen-bond donors (Lipinski definition) is 2. The lowest BCUT2D eigenvalue weighted by molar-refractivity contribution is -0.139. The maximum atomic E-state index is 13.6. The lowest BCUT2D eigenvalue weighted by Crippen LogP contribution is -2.42. The molecule has 0 spiro atoms. The molecule has 202 valence electrons. The molecule has 9 heteroatoms. The molecule has 39 heavy (non-hydrogen) atoms. The van der Waals surface area contributed by atoms with E-state index in [9.17, 15) is 19.6 Å². The highest BCUT2D eigenvalue weighted by Gasteiger charge is 2.43. The van der Waals surface area contributed by atoms with Crippen molar-refractivity contribution in [1.82, 2.24) is 5.32 Å². The van der Waals surface area contributed by atoms with Crippen LogP contribution in [0.2, 0.25) is 0 Å². The number of carbonyl (C=O) groups excluding carboxylic acids is 3. The first-order valence-corrected chi connectivity index (χ1v) is 13.0. The summed E-state index contributed by atoms with van der Waals surface area (Å²) in [7, 11) is 2.38. The number of rotatable bonds is 6. The molecular formula is C30H32N4O5. The van der Waals surface area contributed by atoms with Gasteiger partial charge in [-0.05, 0) is 30.5 Å². The Morgan fingerprint density at radius 3 is 2.15 bits per heavy atom. The van der Waals surface area contributed by atoms with E-state index in [0.29, 0.717) is 5.56 Å². The van der Waals surface area contributed by atoms with Crippen LogP contribution in [0.5, 0.6) is 0 Å². The van der Waals surface area contributed by atoms with Gasteiger partial charge in [-0.1, -0.05) is 68.1 Å². The van der Waals surface area contributed by atoms with Crippen LogP contribution < -0.4 is 16.0 Å². The fourth-order valence-corrected chi connectivity index (χ4v) is 5.31. The number of carbonyl (C=O) groups is 3. The molecule has 1 aliphatic carbocycles. The molecule has 3 N–H and O–H groups in total. The van der Waals surface area contributed by atoms with Gasteiger partial charge in [0.2, 0.25) is 0 Å². The van der Waals surface area contributed by atoms with Gasteiger partial charge in [0.05, 0.1) is 48.6 Å². The van der Waals surface area contributed by atoms with Gasteiger partial charge in [-0.3, -0.25) is 9.69 Å². The van der Waals surface area contributed by atoms with Crippen LogP contribution in [0.3, 0.4) is 0 Å². The van der Waals surface area contributed by atoms with Gasteiger partial charge in [-0.15, -0.1) is 0 Å². The fraction of sp³-hybridized carbons (Fsp3) is 0.333. The number of nitrogens with zero attached hydrogens (tertiary/aromatic N) is 2. The molecule has 2 aliphatic rings. The number of nitrogens with two attached hydrogens (primary N) is 1. The number of amides is 1. The van der Waals surface area contributed by atoms with Gasteiger partial charge in [0.25, 0.3) is 5.91 Å². The van der Waals surface area contributed by atoms with E-state index in [1.165, 1.54) is 19.1 Å². The minimum absolute atomic E-state index is 0.0284. The minimum atomic E-state index is -0.985. The Balaban J connectivity index is 1.92. The molecule has 1 heterocycles. The zero-order valence-electron chi connectivity index (χ0n) is 22.1. The predicted molar refractivity (Wildman–Crippen MR) is 145 cm³/mol. The number of allylic oxidation sites excluding steroid dienone is 1. The van der Waals surface area contributed by atoms with Crippen molar-refractivity contribution >= 4 is 23.5 Å². The minimum Gasteiger partial charge on any atom is -0.466 e. The average Bonchev–Trinajstić information content (AvgIpc) is 3.24. The molecule has 2 aromatic carbocycles. The van der Waals surface area contributed by atoms with Crippen molar-refractivity contribution in [3.05, 3.63) is 88.4 Å². The van der Waals surface area contributed by atoms with Crippen LogP contribution in [0.1, 0.15) is 60.4 Å². The smallest absolute Gasteiger partial charge is 0.355 e. The van der Waals surface area contributed by atoms with Crippen molar-refractivity contribution in [3.8, 4) is 6.07 Å². The molecule has 1 saturated carbocycles. The van der Waals surface area contributed by atoms with E-state index < -0.39 is 17.9 Å². The van der Waals surface area contributed by atoms with Crippen LogP contribution in [0.25, 0.3) is 0 Å². The molecule has 0 bridgehead atoms. The Labute approximate surface area is 227 Å². The number of nitriles is 1. The summed E-state index contributed by atoms with van der Waals surface area (Å²) in [5.74, 6) is -3.10. The Bertz CT molecular complexity index is 1350. The molecular weight excluding hydrogens is 496 g/mol. The average molecular weight is 529 g/mol. The van der Waals surface area contributed by atoms with E-state index in [2.05, 4.69) is 11.4 Å². The molecule has 1 fully saturated rings. The summed E-state index contributed by atoms with van der Waals surface area (Å²) in [4.78, 5) is 41.4. The number of hydrogen-bond acceptors (Lipinski definition) is 8. The van der Waals surface area contributed by atoms with Gasteiger partial charge in [0, 0.05) is 6.04 Å². The zero-order chi connectivity index (χ0) is 27.9. The quantitative estimate of drug-likeness (QED) is 0.424. The highest BCUT2D eigenvalue weighted by molar-refractivity contribution is 6.08. The summed E-state index contributed by atoms with van der Waals surface area (Å²) >= 11 is 0. The predicted octanol–water partition coefficient (Wildman–Crippen LogP) is 4.04. The monoisotopic (exact) mass is 528 g/mol. The molecule has 0 aromatic heterocycles. The van der Waals surface area contributed by atoms with Crippen molar-refractivity contribution in [3.63, 3.8) is 0 Å². The van der Waals surface area contributed by atoms with Crippen LogP contribution >= 0.6 is 0 Å². The Morgan fingerprint density at radius 2 is 1.54 bits per heavy atom. The van der Waals surface area contributed by atoms with Crippen molar-refractivity contribution in [2.24, 2.45) is 5.73 Å². The zero-order valence-corrected chi connectivity index (χ0v) is 22.1. The lowest BCUT2D eigenvalue weighted by atomic mass is 9.80. The second kappa shape index (κ2) is 12.3. The SMILES string of the molecule is COC(=O)C1=C(C(=O)OC)N(c2ccccc2C(=O)NC2CCCCCC2)C(N)=C(C#N)C1c1ccccc1. The molecule has 4 rings (SSSR count). The van der Waals surface area contributed by atoms with Crippen LogP contribution in [-0.4, -0.2) is 38.1 Å². The van der Waals surface area contributed by atoms with Gasteiger partial charge in [-0.2, -0.15) is 5.26 Å². The summed E-state index contributed by atoms with van der Waals surface area (Å²) in [6.07, 6.45) is 6.13. The number of esters is 2. The molecule has 1 aliphatic heterocycles. The topological polar surface area (TPSA) is 135 Å². The molecule has 1 atom stereocenters. The Morgan fingerprint density at radius 1 is 0.923 bits per heavy atom. The van der Waals surface area contributed by atoms with Crippen molar-refractivity contribution in [2.75, 3.05) is 19.1 Å². The Kier molecular flexibility index (Phi) is 8.67. The molecule has 1 amide bonds. The van der Waals surface area contributed by atoms with Crippen molar-refractivity contribution in [2.45, 2.75) is 50.5 Å². The van der Waals surface area contributed by atoms with Gasteiger partial charge >= 0.3 is 11.9 Å². The highest BCUT2D eigenvalue weighted by Crippen LogP contribution is 2.43. The normalized spacial score (nSPS) is 18.2. The van der Waals surface area contributed by atoms with E-state index in [4.69, 9.17) is 15.2 Å². The third-order valence-corrected chi connectivity index (χ3v) is 7.19. The van der Waals surface area contributed by atoms with Crippen LogP contribution in [0.15, 0.2) is 77.3 Å². The summed E-state index contributed by atoms with van der Waals surface area (Å²) < 4.78 is 10.2. The first-order chi connectivity index (χ1) is 18.9. The summed E-state index contributed by atoms with van der Waals surface area (Å²) in [6, 6.07) is 17.6. The van der Waals surface area contributed by atoms with Gasteiger partial charge in [0.1, 0.15) is 11.5 Å². The standard InChI is InChI=1S/C30H32N4O5/c1-38-29(36)25-24(19-12-6-5-7-13-19)22(18-31)27(32)34(26(25)30(37)39-2)23-17-11-10-16-21(23)28(35)33-20-14-8-3-4-9-15-20/h5-7,10-13,16-17,20,24H,3-4,8-9,14-15,32H2,1-2H3,(H,33,35). The second-order valence-corrected chi connectivity index (χ2v) is 9.51. The number of anilines is 1. The third kappa shape index (κ3) is 5.50. The number of ether oxygens (including phenoxy) is 2. The molecule has 1 unspecified atom stereocenters. The molecule has 0 radical (unpaired) electrons. The molecule has 9 nitrogen and oxygen atoms in total. The van der Waals surface area contributed by atoms with E-state index in [-0.39, 0.29) is 45.9 Å². The highest BCUT2D eigenvalue weighted by atomic mass is 16.5. The summed E-state index contributed by atoms with van der Waals surface area (Å²) in [5.41, 5.74) is 7.36. The second-order valence-electron chi connectivity index (χ2n) is 9.51. The van der Waals surface area contributed by atoms with Crippen molar-refractivity contribution < 1.29 is 23.9 Å². The van der Waals surface area contributed by atoms with Crippen LogP contribution in [-0.2, 0) is 19.1 Å². The van der Waals surface area contributed by atoms with Gasteiger partial charge in [-0.25, -0.2) is 9.59 Å². The van der Waals surface area contributed by atoms with E-state index in [1.54, 1.807) is 54.6 Å². The molecule has 2 aromatic rings. The van der Waals surface area contributed by atoms with Crippen LogP contribution in [0.4, 0.5) is 5.69 Å². The first-order valence-electron chi connectivity index (χ1n) is 13.0. The number of benzene rings is 2. The molecule has 0 saturated heterocycles. The third-order valence-electron chi connectivity index (χ3n) is 7.19. The van der Waals surface area contributed by atoms with E-state index in [0.717, 1.165) is 38.5 Å². The number of para-hydroxylation sites is 1. The summed E-state index contributed by atoms with van der Waals surface area (Å²) in [6.45, 7) is 0. The number of methoxy groups -OCH3 is 2. The first kappa shape index (κ1) is 27.5. The van der Waals surface area contributed by atoms with Gasteiger partial charge in [0.15, 0.2) is 0 Å². The van der Waals surface area contributed by atoms with Gasteiger partial charge < -0.3 is 20.5 Å². The lowest BCUT2D eigenvalue weighted by Gasteiger charge is -2.36. The van der Waals surface area contributed by atoms with E-state index in [1.807, 2.05) is 0 Å². The van der Waals surface area contributed by atoms with E-state index >= 15 is 0 Å². The maximum Gasteiger partial charge on any atom is 0.355 e. The maximum absolute atomic E-state index is 13.6. The fourth-order valence-electron chi connectivity index (χ4n) is 5.31. The largest absolute Gasteiger partial charge is 0.466 e. The Hall–Kier alpha value is -4.58. The van der Waals surface area contributed by atoms with Crippen molar-refractivity contribution in [1.29, 1.82) is 5.26 Å². The van der Waals surface area contributed by atoms with Crippen LogP contribution in [0, 0.1) is 11.3 Å².